The van der Waals surface area contributed by atoms with Gasteiger partial charge in [0, 0.05) is 61.1 Å². The van der Waals surface area contributed by atoms with Crippen LogP contribution in [0.1, 0.15) is 48.9 Å². The molecule has 3 heterocycles. The molecule has 0 radical (unpaired) electrons. The lowest BCUT2D eigenvalue weighted by Gasteiger charge is -2.43. The van der Waals surface area contributed by atoms with E-state index < -0.39 is 33.7 Å². The average molecular weight is 878 g/mol. The number of alkyl halides is 3. The molecule has 14 nitrogen and oxygen atoms in total. The van der Waals surface area contributed by atoms with Crippen LogP contribution in [-0.4, -0.2) is 129 Å². The van der Waals surface area contributed by atoms with Crippen molar-refractivity contribution in [3.63, 3.8) is 0 Å². The van der Waals surface area contributed by atoms with Crippen LogP contribution in [0.25, 0.3) is 10.9 Å². The fourth-order valence-corrected chi connectivity index (χ4v) is 9.02. The van der Waals surface area contributed by atoms with Crippen molar-refractivity contribution in [3.8, 4) is 5.75 Å². The molecule has 2 aromatic carbocycles. The van der Waals surface area contributed by atoms with Gasteiger partial charge >= 0.3 is 12.1 Å². The number of hydrogen-bond donors (Lipinski definition) is 3. The number of halogens is 5. The zero-order valence-corrected chi connectivity index (χ0v) is 35.0. The highest BCUT2D eigenvalue weighted by molar-refractivity contribution is 7.89. The third-order valence-electron chi connectivity index (χ3n) is 9.84. The van der Waals surface area contributed by atoms with Gasteiger partial charge in [0.25, 0.3) is 0 Å². The van der Waals surface area contributed by atoms with Crippen molar-refractivity contribution in [1.82, 2.24) is 24.4 Å². The van der Waals surface area contributed by atoms with Crippen LogP contribution >= 0.6 is 23.2 Å². The van der Waals surface area contributed by atoms with Gasteiger partial charge in [-0.3, -0.25) is 9.59 Å². The predicted molar refractivity (Wildman–Crippen MR) is 212 cm³/mol. The van der Waals surface area contributed by atoms with E-state index in [1.165, 1.54) is 12.1 Å². The SMILES string of the molecule is Cc1cc(C)c2cccc(OCc3c(Cl)ccc(S(=O)(=O)NC4(C(=O)N5CCN(C(=O)[C@@H](N)CCCCN(C)C)CC5)CCOCC4)c3Cl)c2n1.O=C(O)C(F)(F)F. The first-order valence-electron chi connectivity index (χ1n) is 18.5. The summed E-state index contributed by atoms with van der Waals surface area (Å²) >= 11 is 13.3. The summed E-state index contributed by atoms with van der Waals surface area (Å²) in [6, 6.07) is 9.79. The van der Waals surface area contributed by atoms with Gasteiger partial charge in [-0.1, -0.05) is 41.8 Å². The van der Waals surface area contributed by atoms with Crippen molar-refractivity contribution < 1.29 is 50.6 Å². The van der Waals surface area contributed by atoms with Crippen LogP contribution in [-0.2, 0) is 35.8 Å². The maximum atomic E-state index is 14.2. The quantitative estimate of drug-likeness (QED) is 0.198. The lowest BCUT2D eigenvalue weighted by atomic mass is 9.89. The number of pyridine rings is 1. The first-order valence-corrected chi connectivity index (χ1v) is 20.8. The summed E-state index contributed by atoms with van der Waals surface area (Å²) < 4.78 is 74.3. The number of rotatable bonds is 13. The number of carbonyl (C=O) groups excluding carboxylic acids is 2. The molecule has 0 bridgehead atoms. The first-order chi connectivity index (χ1) is 27.2. The number of carbonyl (C=O) groups is 3. The molecule has 2 amide bonds. The van der Waals surface area contributed by atoms with Crippen LogP contribution in [0, 0.1) is 13.8 Å². The van der Waals surface area contributed by atoms with Crippen LogP contribution in [0.4, 0.5) is 13.2 Å². The maximum Gasteiger partial charge on any atom is 0.490 e. The van der Waals surface area contributed by atoms with Crippen LogP contribution < -0.4 is 15.2 Å². The molecule has 58 heavy (non-hydrogen) atoms. The second-order valence-corrected chi connectivity index (χ2v) is 16.9. The molecule has 0 aliphatic carbocycles. The molecule has 2 fully saturated rings. The van der Waals surface area contributed by atoms with Crippen LogP contribution in [0.5, 0.6) is 5.75 Å². The normalized spacial score (nSPS) is 16.5. The number of aliphatic carboxylic acids is 1. The summed E-state index contributed by atoms with van der Waals surface area (Å²) in [7, 11) is -0.332. The highest BCUT2D eigenvalue weighted by atomic mass is 35.5. The minimum Gasteiger partial charge on any atom is -0.487 e. The summed E-state index contributed by atoms with van der Waals surface area (Å²) in [4.78, 5) is 46.0. The predicted octanol–water partition coefficient (Wildman–Crippen LogP) is 4.93. The van der Waals surface area contributed by atoms with Crippen LogP contribution in [0.15, 0.2) is 41.3 Å². The van der Waals surface area contributed by atoms with E-state index in [1.807, 2.05) is 46.1 Å². The Kier molecular flexibility index (Phi) is 16.2. The van der Waals surface area contributed by atoms with Crippen LogP contribution in [0.2, 0.25) is 10.0 Å². The second kappa shape index (κ2) is 20.0. The second-order valence-electron chi connectivity index (χ2n) is 14.5. The first kappa shape index (κ1) is 46.9. The molecule has 2 saturated heterocycles. The zero-order valence-electron chi connectivity index (χ0n) is 32.7. The number of nitrogens with two attached hydrogens (primary N) is 1. The number of ether oxygens (including phenoxy) is 2. The van der Waals surface area contributed by atoms with Crippen molar-refractivity contribution in [3.05, 3.63) is 63.3 Å². The standard InChI is InChI=1S/C36H48Cl2N6O6S.C2HF3O2/c1-24-22-25(2)40-33-26(24)8-7-10-30(33)50-23-27-28(37)11-12-31(32(27)38)51(47,48)41-36(13-20-49-21-14-36)35(46)44-18-16-43(17-19-44)34(45)29(39)9-5-6-15-42(3)4;3-2(4,5)1(6)7/h7-8,10-12,22,29,41H,5-6,9,13-21,23,39H2,1-4H3;(H,6,7)/t29-;/m0./s1. The van der Waals surface area contributed by atoms with Gasteiger partial charge in [-0.15, -0.1) is 0 Å². The number of para-hydroxylation sites is 1. The number of benzene rings is 2. The molecular weight excluding hydrogens is 828 g/mol. The highest BCUT2D eigenvalue weighted by Crippen LogP contribution is 2.35. The van der Waals surface area contributed by atoms with E-state index in [2.05, 4.69) is 14.6 Å². The number of hydrogen-bond acceptors (Lipinski definition) is 10. The number of aryl methyl sites for hydroxylation is 2. The monoisotopic (exact) mass is 876 g/mol. The molecule has 2 aliphatic heterocycles. The topological polar surface area (TPSA) is 185 Å². The summed E-state index contributed by atoms with van der Waals surface area (Å²) in [5.74, 6) is -2.74. The van der Waals surface area contributed by atoms with Crippen molar-refractivity contribution in [2.45, 2.75) is 75.2 Å². The minimum absolute atomic E-state index is 0.101. The van der Waals surface area contributed by atoms with Crippen molar-refractivity contribution >= 4 is 61.9 Å². The van der Waals surface area contributed by atoms with Gasteiger partial charge in [-0.05, 0) is 90.0 Å². The molecule has 0 spiro atoms. The van der Waals surface area contributed by atoms with E-state index in [9.17, 15) is 31.2 Å². The Bertz CT molecular complexity index is 2060. The van der Waals surface area contributed by atoms with Gasteiger partial charge < -0.3 is 35.0 Å². The van der Waals surface area contributed by atoms with E-state index >= 15 is 0 Å². The lowest BCUT2D eigenvalue weighted by Crippen LogP contribution is -2.64. The van der Waals surface area contributed by atoms with E-state index in [4.69, 9.17) is 48.3 Å². The van der Waals surface area contributed by atoms with E-state index in [0.717, 1.165) is 36.0 Å². The number of aromatic nitrogens is 1. The Hall–Kier alpha value is -3.78. The number of carboxylic acid groups (broad SMARTS) is 1. The Labute approximate surface area is 345 Å². The number of carboxylic acids is 1. The molecule has 0 unspecified atom stereocenters. The number of sulfonamides is 1. The zero-order chi connectivity index (χ0) is 43.0. The van der Waals surface area contributed by atoms with Gasteiger partial charge in [-0.25, -0.2) is 18.2 Å². The van der Waals surface area contributed by atoms with Gasteiger partial charge in [0.2, 0.25) is 21.8 Å². The third-order valence-corrected chi connectivity index (χ3v) is 12.3. The van der Waals surface area contributed by atoms with Gasteiger partial charge in [0.15, 0.2) is 0 Å². The van der Waals surface area contributed by atoms with E-state index in [0.29, 0.717) is 30.8 Å². The maximum absolute atomic E-state index is 14.2. The van der Waals surface area contributed by atoms with Gasteiger partial charge in [0.05, 0.1) is 11.1 Å². The molecule has 2 aliphatic rings. The van der Waals surface area contributed by atoms with Crippen molar-refractivity contribution in [1.29, 1.82) is 0 Å². The van der Waals surface area contributed by atoms with Crippen molar-refractivity contribution in [2.75, 3.05) is 60.0 Å². The molecule has 4 N–H and O–H groups in total. The molecule has 320 valence electrons. The molecule has 1 aromatic heterocycles. The Morgan fingerprint density at radius 1 is 1.05 bits per heavy atom. The van der Waals surface area contributed by atoms with Crippen LogP contribution in [0.3, 0.4) is 0 Å². The molecule has 0 saturated carbocycles. The number of nitrogens with zero attached hydrogens (tertiary/aromatic N) is 4. The fourth-order valence-electron chi connectivity index (χ4n) is 6.71. The molecule has 20 heteroatoms. The highest BCUT2D eigenvalue weighted by Gasteiger charge is 2.47. The average Bonchev–Trinajstić information content (AvgIpc) is 3.15. The largest absolute Gasteiger partial charge is 0.490 e. The molecule has 1 atom stereocenters. The summed E-state index contributed by atoms with van der Waals surface area (Å²) in [6.45, 7) is 6.25. The Morgan fingerprint density at radius 3 is 2.28 bits per heavy atom. The number of nitrogens with one attached hydrogen (secondary N) is 1. The van der Waals surface area contributed by atoms with Gasteiger partial charge in [0.1, 0.15) is 28.3 Å². The lowest BCUT2D eigenvalue weighted by molar-refractivity contribution is -0.192. The fraction of sp³-hybridized carbons (Fsp3) is 0.526. The van der Waals surface area contributed by atoms with Crippen molar-refractivity contribution in [2.24, 2.45) is 5.73 Å². The Balaban J connectivity index is 0.000000973. The molecule has 3 aromatic rings. The summed E-state index contributed by atoms with van der Waals surface area (Å²) in [5, 5.41) is 8.19. The minimum atomic E-state index is -5.08. The van der Waals surface area contributed by atoms with E-state index in [1.54, 1.807) is 15.9 Å². The number of piperazine rings is 1. The smallest absolute Gasteiger partial charge is 0.487 e. The number of fused-ring (bicyclic) bond motifs is 1. The molecular formula is C38H49Cl2F3N6O8S. The number of unbranched alkanes of at least 4 members (excludes halogenated alkanes) is 1. The van der Waals surface area contributed by atoms with E-state index in [-0.39, 0.29) is 78.1 Å². The summed E-state index contributed by atoms with van der Waals surface area (Å²) in [5.41, 5.74) is 7.62. The summed E-state index contributed by atoms with van der Waals surface area (Å²) in [6.07, 6.45) is -2.41. The number of amides is 2. The third kappa shape index (κ3) is 11.9. The molecule has 5 rings (SSSR count). The van der Waals surface area contributed by atoms with Gasteiger partial charge in [-0.2, -0.15) is 17.9 Å². The Morgan fingerprint density at radius 2 is 1.67 bits per heavy atom.